The minimum absolute atomic E-state index is 0.0645. The molecule has 24 heavy (non-hydrogen) atoms. The summed E-state index contributed by atoms with van der Waals surface area (Å²) < 4.78 is 10.4. The molecule has 1 aromatic carbocycles. The van der Waals surface area contributed by atoms with Gasteiger partial charge in [0.05, 0.1) is 13.2 Å². The molecule has 1 atom stereocenters. The summed E-state index contributed by atoms with van der Waals surface area (Å²) in [6.07, 6.45) is 2.24. The molecule has 0 bridgehead atoms. The molecule has 1 aromatic heterocycles. The van der Waals surface area contributed by atoms with Crippen LogP contribution in [0.4, 0.5) is 0 Å². The molecule has 1 fully saturated rings. The Kier molecular flexibility index (Phi) is 4.85. The summed E-state index contributed by atoms with van der Waals surface area (Å²) in [6, 6.07) is 9.69. The fraction of sp³-hybridized carbons (Fsp3) is 0.444. The molecule has 6 nitrogen and oxygen atoms in total. The van der Waals surface area contributed by atoms with Crippen LogP contribution in [0.5, 0.6) is 5.75 Å². The average molecular weight is 329 g/mol. The Balaban J connectivity index is 1.63. The van der Waals surface area contributed by atoms with Gasteiger partial charge in [-0.25, -0.2) is 0 Å². The van der Waals surface area contributed by atoms with E-state index in [-0.39, 0.29) is 11.9 Å². The number of amides is 1. The summed E-state index contributed by atoms with van der Waals surface area (Å²) >= 11 is 0. The van der Waals surface area contributed by atoms with Crippen molar-refractivity contribution in [3.8, 4) is 5.75 Å². The first-order valence-electron chi connectivity index (χ1n) is 8.13. The van der Waals surface area contributed by atoms with Gasteiger partial charge in [-0.1, -0.05) is 17.3 Å². The van der Waals surface area contributed by atoms with E-state index in [2.05, 4.69) is 15.4 Å². The highest BCUT2D eigenvalue weighted by molar-refractivity contribution is 5.92. The Hall–Kier alpha value is -2.34. The predicted octanol–water partition coefficient (Wildman–Crippen LogP) is 2.59. The maximum absolute atomic E-state index is 12.3. The number of aromatic nitrogens is 1. The summed E-state index contributed by atoms with van der Waals surface area (Å²) in [5.74, 6) is 1.88. The number of ether oxygens (including phenoxy) is 1. The van der Waals surface area contributed by atoms with Gasteiger partial charge in [0.1, 0.15) is 11.5 Å². The molecular formula is C18H23N3O3. The second kappa shape index (κ2) is 7.05. The molecule has 0 radical (unpaired) electrons. The van der Waals surface area contributed by atoms with Gasteiger partial charge in [0.25, 0.3) is 5.91 Å². The van der Waals surface area contributed by atoms with Crippen molar-refractivity contribution in [3.63, 3.8) is 0 Å². The van der Waals surface area contributed by atoms with E-state index in [0.717, 1.165) is 29.9 Å². The fourth-order valence-corrected chi connectivity index (χ4v) is 2.66. The lowest BCUT2D eigenvalue weighted by atomic mass is 10.1. The highest BCUT2D eigenvalue weighted by Gasteiger charge is 2.29. The van der Waals surface area contributed by atoms with Crippen LogP contribution in [0, 0.1) is 0 Å². The van der Waals surface area contributed by atoms with Crippen LogP contribution >= 0.6 is 0 Å². The first-order chi connectivity index (χ1) is 11.6. The van der Waals surface area contributed by atoms with Gasteiger partial charge in [-0.05, 0) is 44.6 Å². The number of nitrogens with one attached hydrogen (secondary N) is 1. The number of nitrogens with zero attached hydrogens (tertiary/aromatic N) is 2. The first-order valence-corrected chi connectivity index (χ1v) is 8.13. The van der Waals surface area contributed by atoms with Crippen molar-refractivity contribution in [2.24, 2.45) is 0 Å². The molecule has 0 spiro atoms. The maximum Gasteiger partial charge on any atom is 0.273 e. The van der Waals surface area contributed by atoms with Crippen LogP contribution in [0.25, 0.3) is 0 Å². The number of carbonyl (C=O) groups is 1. The number of methoxy groups -OCH3 is 1. The first kappa shape index (κ1) is 16.5. The fourth-order valence-electron chi connectivity index (χ4n) is 2.66. The van der Waals surface area contributed by atoms with Crippen LogP contribution in [-0.2, 0) is 0 Å². The van der Waals surface area contributed by atoms with E-state index in [0.29, 0.717) is 18.2 Å². The summed E-state index contributed by atoms with van der Waals surface area (Å²) in [5, 5.41) is 6.82. The Morgan fingerprint density at radius 2 is 2.08 bits per heavy atom. The second-order valence-corrected chi connectivity index (χ2v) is 6.35. The Bertz CT molecular complexity index is 690. The van der Waals surface area contributed by atoms with E-state index in [9.17, 15) is 4.79 Å². The van der Waals surface area contributed by atoms with E-state index in [4.69, 9.17) is 9.26 Å². The lowest BCUT2D eigenvalue weighted by Gasteiger charge is -2.25. The number of likely N-dealkylation sites (N-methyl/N-ethyl adjacent to an activating group) is 1. The largest absolute Gasteiger partial charge is 0.497 e. The maximum atomic E-state index is 12.3. The van der Waals surface area contributed by atoms with Gasteiger partial charge in [-0.15, -0.1) is 0 Å². The van der Waals surface area contributed by atoms with Crippen molar-refractivity contribution in [2.45, 2.75) is 24.8 Å². The number of hydrogen-bond donors (Lipinski definition) is 1. The van der Waals surface area contributed by atoms with Crippen molar-refractivity contribution in [1.29, 1.82) is 0 Å². The van der Waals surface area contributed by atoms with Gasteiger partial charge in [-0.2, -0.15) is 0 Å². The van der Waals surface area contributed by atoms with Crippen LogP contribution in [0.3, 0.4) is 0 Å². The van der Waals surface area contributed by atoms with Crippen LogP contribution in [-0.4, -0.2) is 43.7 Å². The van der Waals surface area contributed by atoms with Crippen LogP contribution in [0.15, 0.2) is 34.9 Å². The molecule has 1 unspecified atom stereocenters. The third-order valence-electron chi connectivity index (χ3n) is 4.32. The predicted molar refractivity (Wildman–Crippen MR) is 90.2 cm³/mol. The summed E-state index contributed by atoms with van der Waals surface area (Å²) in [7, 11) is 5.62. The van der Waals surface area contributed by atoms with Crippen molar-refractivity contribution in [2.75, 3.05) is 27.7 Å². The molecule has 6 heteroatoms. The van der Waals surface area contributed by atoms with E-state index in [1.807, 2.05) is 38.4 Å². The van der Waals surface area contributed by atoms with E-state index in [1.165, 1.54) is 0 Å². The molecule has 3 rings (SSSR count). The van der Waals surface area contributed by atoms with Crippen LogP contribution in [0.1, 0.15) is 46.6 Å². The van der Waals surface area contributed by atoms with E-state index in [1.54, 1.807) is 13.2 Å². The highest BCUT2D eigenvalue weighted by Crippen LogP contribution is 2.40. The molecule has 1 aliphatic carbocycles. The van der Waals surface area contributed by atoms with Gasteiger partial charge in [0.2, 0.25) is 0 Å². The lowest BCUT2D eigenvalue weighted by molar-refractivity contribution is 0.0932. The molecule has 2 aromatic rings. The van der Waals surface area contributed by atoms with Crippen molar-refractivity contribution >= 4 is 5.91 Å². The smallest absolute Gasteiger partial charge is 0.273 e. The van der Waals surface area contributed by atoms with Crippen LogP contribution < -0.4 is 10.1 Å². The third kappa shape index (κ3) is 3.76. The Morgan fingerprint density at radius 1 is 1.38 bits per heavy atom. The van der Waals surface area contributed by atoms with E-state index >= 15 is 0 Å². The highest BCUT2D eigenvalue weighted by atomic mass is 16.5. The summed E-state index contributed by atoms with van der Waals surface area (Å²) in [5.41, 5.74) is 1.46. The molecule has 1 amide bonds. The molecule has 1 saturated carbocycles. The molecule has 128 valence electrons. The standard InChI is InChI=1S/C18H23N3O3/c1-21(2)16(12-6-8-14(23-3)9-7-12)11-19-18(22)15-10-17(24-20-15)13-4-5-13/h6-10,13,16H,4-5,11H2,1-3H3,(H,19,22). The minimum atomic E-state index is -0.203. The van der Waals surface area contributed by atoms with Crippen molar-refractivity contribution in [3.05, 3.63) is 47.3 Å². The average Bonchev–Trinajstić information content (AvgIpc) is 3.32. The van der Waals surface area contributed by atoms with E-state index < -0.39 is 0 Å². The zero-order valence-corrected chi connectivity index (χ0v) is 14.3. The SMILES string of the molecule is COc1ccc(C(CNC(=O)c2cc(C3CC3)on2)N(C)C)cc1. The van der Waals surface area contributed by atoms with Gasteiger partial charge in [0, 0.05) is 18.5 Å². The lowest BCUT2D eigenvalue weighted by Crippen LogP contribution is -2.34. The summed E-state index contributed by atoms with van der Waals surface area (Å²) in [4.78, 5) is 14.4. The number of rotatable bonds is 7. The van der Waals surface area contributed by atoms with Gasteiger partial charge >= 0.3 is 0 Å². The zero-order chi connectivity index (χ0) is 17.1. The third-order valence-corrected chi connectivity index (χ3v) is 4.32. The van der Waals surface area contributed by atoms with Gasteiger partial charge in [0.15, 0.2) is 5.69 Å². The number of hydrogen-bond acceptors (Lipinski definition) is 5. The Morgan fingerprint density at radius 3 is 2.67 bits per heavy atom. The van der Waals surface area contributed by atoms with Crippen molar-refractivity contribution < 1.29 is 14.1 Å². The molecule has 1 N–H and O–H groups in total. The van der Waals surface area contributed by atoms with Gasteiger partial charge in [-0.3, -0.25) is 4.79 Å². The number of carbonyl (C=O) groups excluding carboxylic acids is 1. The molecule has 0 aliphatic heterocycles. The van der Waals surface area contributed by atoms with Crippen LogP contribution in [0.2, 0.25) is 0 Å². The molecular weight excluding hydrogens is 306 g/mol. The molecule has 1 heterocycles. The normalized spacial score (nSPS) is 15.3. The second-order valence-electron chi connectivity index (χ2n) is 6.35. The quantitative estimate of drug-likeness (QED) is 0.846. The number of benzene rings is 1. The molecule has 1 aliphatic rings. The monoisotopic (exact) mass is 329 g/mol. The van der Waals surface area contributed by atoms with Gasteiger partial charge < -0.3 is 19.5 Å². The topological polar surface area (TPSA) is 67.6 Å². The zero-order valence-electron chi connectivity index (χ0n) is 14.3. The Labute approximate surface area is 141 Å². The molecule has 0 saturated heterocycles. The van der Waals surface area contributed by atoms with Crippen molar-refractivity contribution in [1.82, 2.24) is 15.4 Å². The summed E-state index contributed by atoms with van der Waals surface area (Å²) in [6.45, 7) is 0.490. The minimum Gasteiger partial charge on any atom is -0.497 e.